The SMILES string of the molecule is CC(CCO)NCC(O)COCc1ccccc1. The van der Waals surface area contributed by atoms with Crippen LogP contribution in [0.3, 0.4) is 0 Å². The average molecular weight is 253 g/mol. The molecule has 0 amide bonds. The Morgan fingerprint density at radius 2 is 2.00 bits per heavy atom. The lowest BCUT2D eigenvalue weighted by Gasteiger charge is -2.16. The molecule has 0 aliphatic carbocycles. The number of aliphatic hydroxyl groups excluding tert-OH is 2. The van der Waals surface area contributed by atoms with E-state index < -0.39 is 6.10 Å². The maximum absolute atomic E-state index is 9.69. The Bertz CT molecular complexity index is 305. The van der Waals surface area contributed by atoms with E-state index in [0.29, 0.717) is 26.2 Å². The van der Waals surface area contributed by atoms with Gasteiger partial charge in [0.2, 0.25) is 0 Å². The molecule has 4 heteroatoms. The highest BCUT2D eigenvalue weighted by atomic mass is 16.5. The molecule has 0 aromatic heterocycles. The molecule has 0 radical (unpaired) electrons. The van der Waals surface area contributed by atoms with E-state index in [2.05, 4.69) is 5.32 Å². The third kappa shape index (κ3) is 6.71. The Kier molecular flexibility index (Phi) is 7.60. The minimum Gasteiger partial charge on any atom is -0.396 e. The second-order valence-electron chi connectivity index (χ2n) is 4.48. The number of aliphatic hydroxyl groups is 2. The second kappa shape index (κ2) is 9.05. The van der Waals surface area contributed by atoms with Crippen LogP contribution in [0, 0.1) is 0 Å². The predicted octanol–water partition coefficient (Wildman–Crippen LogP) is 0.925. The summed E-state index contributed by atoms with van der Waals surface area (Å²) >= 11 is 0. The Morgan fingerprint density at radius 1 is 1.28 bits per heavy atom. The van der Waals surface area contributed by atoms with Crippen LogP contribution in [0.2, 0.25) is 0 Å². The molecular formula is C14H23NO3. The summed E-state index contributed by atoms with van der Waals surface area (Å²) in [6, 6.07) is 10.1. The molecule has 1 rings (SSSR count). The first-order valence-electron chi connectivity index (χ1n) is 6.36. The molecule has 0 aliphatic rings. The van der Waals surface area contributed by atoms with E-state index >= 15 is 0 Å². The van der Waals surface area contributed by atoms with Crippen LogP contribution in [0.4, 0.5) is 0 Å². The third-order valence-electron chi connectivity index (χ3n) is 2.69. The van der Waals surface area contributed by atoms with Crippen molar-refractivity contribution in [1.29, 1.82) is 0 Å². The zero-order valence-corrected chi connectivity index (χ0v) is 10.9. The van der Waals surface area contributed by atoms with Crippen molar-refractivity contribution in [2.45, 2.75) is 32.1 Å². The maximum atomic E-state index is 9.69. The van der Waals surface area contributed by atoms with Crippen molar-refractivity contribution in [2.75, 3.05) is 19.8 Å². The fraction of sp³-hybridized carbons (Fsp3) is 0.571. The van der Waals surface area contributed by atoms with Crippen molar-refractivity contribution in [3.05, 3.63) is 35.9 Å². The van der Waals surface area contributed by atoms with Gasteiger partial charge in [-0.3, -0.25) is 0 Å². The Balaban J connectivity index is 2.08. The zero-order chi connectivity index (χ0) is 13.2. The third-order valence-corrected chi connectivity index (χ3v) is 2.69. The molecule has 1 aromatic rings. The van der Waals surface area contributed by atoms with Gasteiger partial charge in [0, 0.05) is 19.2 Å². The molecule has 0 aliphatic heterocycles. The van der Waals surface area contributed by atoms with E-state index in [1.54, 1.807) is 0 Å². The first kappa shape index (κ1) is 15.1. The van der Waals surface area contributed by atoms with Crippen LogP contribution in [-0.4, -0.2) is 42.1 Å². The first-order valence-corrected chi connectivity index (χ1v) is 6.36. The molecule has 0 saturated carbocycles. The zero-order valence-electron chi connectivity index (χ0n) is 10.9. The van der Waals surface area contributed by atoms with Crippen LogP contribution < -0.4 is 5.32 Å². The van der Waals surface area contributed by atoms with Gasteiger partial charge in [-0.1, -0.05) is 30.3 Å². The molecule has 0 spiro atoms. The molecule has 0 heterocycles. The van der Waals surface area contributed by atoms with Gasteiger partial charge >= 0.3 is 0 Å². The van der Waals surface area contributed by atoms with Crippen molar-refractivity contribution < 1.29 is 14.9 Å². The molecular weight excluding hydrogens is 230 g/mol. The average Bonchev–Trinajstić information content (AvgIpc) is 2.38. The first-order chi connectivity index (χ1) is 8.72. The summed E-state index contributed by atoms with van der Waals surface area (Å²) in [6.45, 7) is 3.45. The summed E-state index contributed by atoms with van der Waals surface area (Å²) in [5, 5.41) is 21.6. The van der Waals surface area contributed by atoms with Gasteiger partial charge in [-0.05, 0) is 18.9 Å². The van der Waals surface area contributed by atoms with Crippen LogP contribution in [-0.2, 0) is 11.3 Å². The van der Waals surface area contributed by atoms with Crippen molar-refractivity contribution in [3.63, 3.8) is 0 Å². The van der Waals surface area contributed by atoms with Gasteiger partial charge in [0.05, 0.1) is 19.3 Å². The second-order valence-corrected chi connectivity index (χ2v) is 4.48. The number of hydrogen-bond acceptors (Lipinski definition) is 4. The van der Waals surface area contributed by atoms with Gasteiger partial charge in [0.25, 0.3) is 0 Å². The predicted molar refractivity (Wildman–Crippen MR) is 71.3 cm³/mol. The smallest absolute Gasteiger partial charge is 0.0897 e. The number of nitrogens with one attached hydrogen (secondary N) is 1. The number of rotatable bonds is 9. The highest BCUT2D eigenvalue weighted by molar-refractivity contribution is 5.13. The summed E-state index contributed by atoms with van der Waals surface area (Å²) in [4.78, 5) is 0. The Labute approximate surface area is 109 Å². The van der Waals surface area contributed by atoms with Crippen molar-refractivity contribution in [2.24, 2.45) is 0 Å². The van der Waals surface area contributed by atoms with E-state index in [9.17, 15) is 5.11 Å². The highest BCUT2D eigenvalue weighted by Crippen LogP contribution is 2.01. The molecule has 18 heavy (non-hydrogen) atoms. The summed E-state index contributed by atoms with van der Waals surface area (Å²) in [5.41, 5.74) is 1.10. The molecule has 2 atom stereocenters. The normalized spacial score (nSPS) is 14.4. The minimum atomic E-state index is -0.519. The number of benzene rings is 1. The Hall–Kier alpha value is -0.940. The maximum Gasteiger partial charge on any atom is 0.0897 e. The Morgan fingerprint density at radius 3 is 2.67 bits per heavy atom. The van der Waals surface area contributed by atoms with Gasteiger partial charge in [0.1, 0.15) is 0 Å². The van der Waals surface area contributed by atoms with E-state index in [1.165, 1.54) is 0 Å². The molecule has 1 aromatic carbocycles. The summed E-state index contributed by atoms with van der Waals surface area (Å²) in [7, 11) is 0. The van der Waals surface area contributed by atoms with E-state index in [1.807, 2.05) is 37.3 Å². The molecule has 2 unspecified atom stereocenters. The lowest BCUT2D eigenvalue weighted by Crippen LogP contribution is -2.36. The molecule has 3 N–H and O–H groups in total. The van der Waals surface area contributed by atoms with Gasteiger partial charge < -0.3 is 20.3 Å². The van der Waals surface area contributed by atoms with Crippen LogP contribution in [0.5, 0.6) is 0 Å². The van der Waals surface area contributed by atoms with Crippen LogP contribution >= 0.6 is 0 Å². The summed E-state index contributed by atoms with van der Waals surface area (Å²) in [5.74, 6) is 0. The molecule has 102 valence electrons. The van der Waals surface area contributed by atoms with Crippen LogP contribution in [0.15, 0.2) is 30.3 Å². The highest BCUT2D eigenvalue weighted by Gasteiger charge is 2.06. The standard InChI is InChI=1S/C14H23NO3/c1-12(7-8-16)15-9-14(17)11-18-10-13-5-3-2-4-6-13/h2-6,12,14-17H,7-11H2,1H3. The fourth-order valence-electron chi connectivity index (χ4n) is 1.58. The van der Waals surface area contributed by atoms with Gasteiger partial charge in [-0.2, -0.15) is 0 Å². The fourth-order valence-corrected chi connectivity index (χ4v) is 1.58. The molecule has 0 bridgehead atoms. The van der Waals surface area contributed by atoms with Crippen LogP contribution in [0.25, 0.3) is 0 Å². The van der Waals surface area contributed by atoms with Crippen molar-refractivity contribution in [3.8, 4) is 0 Å². The number of hydrogen-bond donors (Lipinski definition) is 3. The summed E-state index contributed by atoms with van der Waals surface area (Å²) in [6.07, 6.45) is 0.173. The van der Waals surface area contributed by atoms with E-state index in [4.69, 9.17) is 9.84 Å². The lowest BCUT2D eigenvalue weighted by molar-refractivity contribution is 0.0275. The van der Waals surface area contributed by atoms with Crippen molar-refractivity contribution >= 4 is 0 Å². The van der Waals surface area contributed by atoms with E-state index in [-0.39, 0.29) is 12.6 Å². The van der Waals surface area contributed by atoms with Gasteiger partial charge in [-0.15, -0.1) is 0 Å². The van der Waals surface area contributed by atoms with Crippen molar-refractivity contribution in [1.82, 2.24) is 5.32 Å². The quantitative estimate of drug-likeness (QED) is 0.612. The summed E-state index contributed by atoms with van der Waals surface area (Å²) < 4.78 is 5.43. The van der Waals surface area contributed by atoms with Gasteiger partial charge in [-0.25, -0.2) is 0 Å². The lowest BCUT2D eigenvalue weighted by atomic mass is 10.2. The molecule has 0 saturated heterocycles. The number of ether oxygens (including phenoxy) is 1. The molecule has 4 nitrogen and oxygen atoms in total. The minimum absolute atomic E-state index is 0.161. The topological polar surface area (TPSA) is 61.7 Å². The monoisotopic (exact) mass is 253 g/mol. The largest absolute Gasteiger partial charge is 0.396 e. The van der Waals surface area contributed by atoms with E-state index in [0.717, 1.165) is 5.56 Å². The molecule has 0 fully saturated rings. The van der Waals surface area contributed by atoms with Gasteiger partial charge in [0.15, 0.2) is 0 Å². The van der Waals surface area contributed by atoms with Crippen LogP contribution in [0.1, 0.15) is 18.9 Å².